The van der Waals surface area contributed by atoms with E-state index in [2.05, 4.69) is 11.9 Å². The van der Waals surface area contributed by atoms with Crippen LogP contribution in [-0.4, -0.2) is 27.4 Å². The second-order valence-corrected chi connectivity index (χ2v) is 5.97. The Hall–Kier alpha value is -1.66. The summed E-state index contributed by atoms with van der Waals surface area (Å²) in [5.41, 5.74) is -0.208. The minimum atomic E-state index is -0.570. The highest BCUT2D eigenvalue weighted by atomic mass is 16.5. The molecular formula is C17H26N2O4. The lowest BCUT2D eigenvalue weighted by Crippen LogP contribution is -2.34. The van der Waals surface area contributed by atoms with Crippen molar-refractivity contribution in [2.75, 3.05) is 6.61 Å². The van der Waals surface area contributed by atoms with Crippen molar-refractivity contribution < 1.29 is 9.84 Å². The predicted octanol–water partition coefficient (Wildman–Crippen LogP) is 1.89. The number of hydrogen-bond donors (Lipinski definition) is 2. The number of H-pyrrole nitrogens is 1. The van der Waals surface area contributed by atoms with Crippen molar-refractivity contribution in [3.63, 3.8) is 0 Å². The van der Waals surface area contributed by atoms with Gasteiger partial charge in [-0.1, -0.05) is 45.1 Å². The van der Waals surface area contributed by atoms with E-state index in [1.54, 1.807) is 18.3 Å². The van der Waals surface area contributed by atoms with Crippen molar-refractivity contribution in [2.45, 2.75) is 64.2 Å². The van der Waals surface area contributed by atoms with E-state index < -0.39 is 18.0 Å². The predicted molar refractivity (Wildman–Crippen MR) is 88.5 cm³/mol. The minimum Gasteiger partial charge on any atom is -0.393 e. The van der Waals surface area contributed by atoms with Gasteiger partial charge in [-0.15, -0.1) is 0 Å². The molecule has 1 aromatic heterocycles. The number of unbranched alkanes of at least 4 members (excludes halogenated alkanes) is 5. The molecular weight excluding hydrogens is 296 g/mol. The van der Waals surface area contributed by atoms with Gasteiger partial charge in [0.1, 0.15) is 6.10 Å². The average molecular weight is 322 g/mol. The van der Waals surface area contributed by atoms with Crippen LogP contribution in [0.4, 0.5) is 0 Å². The van der Waals surface area contributed by atoms with Crippen LogP contribution in [0.5, 0.6) is 0 Å². The zero-order chi connectivity index (χ0) is 16.7. The maximum Gasteiger partial charge on any atom is 0.330 e. The first kappa shape index (κ1) is 17.7. The number of nitrogens with one attached hydrogen (secondary N) is 1. The average Bonchev–Trinajstić information content (AvgIpc) is 3.01. The second-order valence-electron chi connectivity index (χ2n) is 5.97. The normalized spacial score (nSPS) is 20.3. The van der Waals surface area contributed by atoms with Gasteiger partial charge >= 0.3 is 5.69 Å². The largest absolute Gasteiger partial charge is 0.393 e. The number of rotatable bonds is 9. The molecule has 0 radical (unpaired) electrons. The molecule has 128 valence electrons. The van der Waals surface area contributed by atoms with Gasteiger partial charge in [0.2, 0.25) is 0 Å². The Bertz CT molecular complexity index is 632. The van der Waals surface area contributed by atoms with Crippen molar-refractivity contribution >= 4 is 0 Å². The van der Waals surface area contributed by atoms with Crippen molar-refractivity contribution in [1.29, 1.82) is 0 Å². The van der Waals surface area contributed by atoms with Crippen molar-refractivity contribution in [1.82, 2.24) is 9.55 Å². The first-order valence-corrected chi connectivity index (χ1v) is 8.44. The third-order valence-corrected chi connectivity index (χ3v) is 4.10. The molecule has 0 spiro atoms. The molecule has 1 aliphatic heterocycles. The van der Waals surface area contributed by atoms with Gasteiger partial charge in [-0.3, -0.25) is 14.3 Å². The van der Waals surface area contributed by atoms with E-state index in [1.807, 2.05) is 0 Å². The van der Waals surface area contributed by atoms with Crippen LogP contribution in [0.25, 0.3) is 0 Å². The highest BCUT2D eigenvalue weighted by Gasteiger charge is 2.21. The van der Waals surface area contributed by atoms with E-state index in [1.165, 1.54) is 30.3 Å². The van der Waals surface area contributed by atoms with Gasteiger partial charge in [0, 0.05) is 11.8 Å². The molecule has 0 unspecified atom stereocenters. The van der Waals surface area contributed by atoms with Gasteiger partial charge in [0.25, 0.3) is 5.56 Å². The SMILES string of the molecule is CCCCCCCCc1cn([C@H]2C=C[C@@H](CO)O2)c(=O)[nH]c1=O. The van der Waals surface area contributed by atoms with Crippen LogP contribution in [0.1, 0.15) is 57.2 Å². The molecule has 2 atom stereocenters. The second kappa shape index (κ2) is 8.84. The van der Waals surface area contributed by atoms with E-state index in [0.717, 1.165) is 12.8 Å². The van der Waals surface area contributed by atoms with Crippen molar-refractivity contribution in [3.8, 4) is 0 Å². The fraction of sp³-hybridized carbons (Fsp3) is 0.647. The first-order chi connectivity index (χ1) is 11.2. The van der Waals surface area contributed by atoms with Crippen LogP contribution in [-0.2, 0) is 11.2 Å². The summed E-state index contributed by atoms with van der Waals surface area (Å²) in [7, 11) is 0. The number of nitrogens with zero attached hydrogens (tertiary/aromatic N) is 1. The lowest BCUT2D eigenvalue weighted by atomic mass is 10.1. The highest BCUT2D eigenvalue weighted by molar-refractivity contribution is 5.08. The van der Waals surface area contributed by atoms with Crippen molar-refractivity contribution in [3.05, 3.63) is 44.8 Å². The minimum absolute atomic E-state index is 0.129. The summed E-state index contributed by atoms with van der Waals surface area (Å²) in [6.07, 6.45) is 11.6. The van der Waals surface area contributed by atoms with Crippen LogP contribution in [0.2, 0.25) is 0 Å². The Morgan fingerprint density at radius 2 is 1.91 bits per heavy atom. The van der Waals surface area contributed by atoms with Gasteiger partial charge in [0.05, 0.1) is 6.61 Å². The molecule has 2 N–H and O–H groups in total. The molecule has 1 aromatic rings. The molecule has 0 saturated carbocycles. The molecule has 0 saturated heterocycles. The molecule has 0 fully saturated rings. The summed E-state index contributed by atoms with van der Waals surface area (Å²) in [5.74, 6) is 0. The summed E-state index contributed by atoms with van der Waals surface area (Å²) in [4.78, 5) is 26.2. The van der Waals surface area contributed by atoms with Gasteiger partial charge in [-0.05, 0) is 18.9 Å². The fourth-order valence-electron chi connectivity index (χ4n) is 2.74. The zero-order valence-electron chi connectivity index (χ0n) is 13.7. The highest BCUT2D eigenvalue weighted by Crippen LogP contribution is 2.19. The van der Waals surface area contributed by atoms with E-state index in [0.29, 0.717) is 12.0 Å². The van der Waals surface area contributed by atoms with E-state index in [4.69, 9.17) is 9.84 Å². The molecule has 2 heterocycles. The molecule has 6 heteroatoms. The number of aromatic amines is 1. The Kier molecular flexibility index (Phi) is 6.80. The smallest absolute Gasteiger partial charge is 0.330 e. The molecule has 0 aliphatic carbocycles. The summed E-state index contributed by atoms with van der Waals surface area (Å²) >= 11 is 0. The van der Waals surface area contributed by atoms with Crippen LogP contribution < -0.4 is 11.2 Å². The topological polar surface area (TPSA) is 84.3 Å². The molecule has 6 nitrogen and oxygen atoms in total. The van der Waals surface area contributed by atoms with Gasteiger partial charge in [0.15, 0.2) is 6.23 Å². The number of aryl methyl sites for hydroxylation is 1. The van der Waals surface area contributed by atoms with Gasteiger partial charge < -0.3 is 9.84 Å². The van der Waals surface area contributed by atoms with Crippen molar-refractivity contribution in [2.24, 2.45) is 0 Å². The molecule has 2 rings (SSSR count). The lowest BCUT2D eigenvalue weighted by molar-refractivity contribution is -0.0104. The molecule has 1 aliphatic rings. The van der Waals surface area contributed by atoms with Crippen LogP contribution in [0.15, 0.2) is 27.9 Å². The van der Waals surface area contributed by atoms with Gasteiger partial charge in [-0.2, -0.15) is 0 Å². The maximum absolute atomic E-state index is 12.0. The summed E-state index contributed by atoms with van der Waals surface area (Å²) in [6, 6.07) is 0. The summed E-state index contributed by atoms with van der Waals surface area (Å²) < 4.78 is 6.90. The lowest BCUT2D eigenvalue weighted by Gasteiger charge is -2.15. The van der Waals surface area contributed by atoms with Crippen LogP contribution in [0, 0.1) is 0 Å². The Morgan fingerprint density at radius 1 is 1.17 bits per heavy atom. The molecule has 23 heavy (non-hydrogen) atoms. The standard InChI is InChI=1S/C17H26N2O4/c1-2-3-4-5-6-7-8-13-11-19(17(22)18-16(13)21)15-10-9-14(12-20)23-15/h9-11,14-15,20H,2-8,12H2,1H3,(H,18,21,22)/t14-,15+/m0/s1. The van der Waals surface area contributed by atoms with Gasteiger partial charge in [-0.25, -0.2) is 4.79 Å². The molecule has 0 aromatic carbocycles. The first-order valence-electron chi connectivity index (χ1n) is 8.44. The number of aromatic nitrogens is 2. The number of aliphatic hydroxyl groups excluding tert-OH is 1. The Balaban J connectivity index is 1.98. The van der Waals surface area contributed by atoms with Crippen LogP contribution in [0.3, 0.4) is 0 Å². The maximum atomic E-state index is 12.0. The quantitative estimate of drug-likeness (QED) is 0.537. The number of hydrogen-bond acceptors (Lipinski definition) is 4. The third kappa shape index (κ3) is 4.91. The molecule has 0 bridgehead atoms. The van der Waals surface area contributed by atoms with E-state index in [9.17, 15) is 9.59 Å². The van der Waals surface area contributed by atoms with E-state index >= 15 is 0 Å². The number of aliphatic hydroxyl groups is 1. The Morgan fingerprint density at radius 3 is 2.61 bits per heavy atom. The zero-order valence-corrected chi connectivity index (χ0v) is 13.7. The monoisotopic (exact) mass is 322 g/mol. The van der Waals surface area contributed by atoms with E-state index in [-0.39, 0.29) is 12.2 Å². The summed E-state index contributed by atoms with van der Waals surface area (Å²) in [5, 5.41) is 9.08. The molecule has 0 amide bonds. The third-order valence-electron chi connectivity index (χ3n) is 4.10. The fourth-order valence-corrected chi connectivity index (χ4v) is 2.74. The Labute approximate surface area is 135 Å². The number of ether oxygens (including phenoxy) is 1. The summed E-state index contributed by atoms with van der Waals surface area (Å²) in [6.45, 7) is 2.05. The van der Waals surface area contributed by atoms with Crippen LogP contribution >= 0.6 is 0 Å².